The fourth-order valence-corrected chi connectivity index (χ4v) is 4.33. The van der Waals surface area contributed by atoms with Crippen molar-refractivity contribution in [2.24, 2.45) is 11.8 Å². The predicted molar refractivity (Wildman–Crippen MR) is 99.7 cm³/mol. The van der Waals surface area contributed by atoms with Crippen LogP contribution in [0.15, 0.2) is 18.2 Å². The van der Waals surface area contributed by atoms with Crippen molar-refractivity contribution >= 4 is 11.8 Å². The van der Waals surface area contributed by atoms with E-state index in [1.807, 2.05) is 17.0 Å². The van der Waals surface area contributed by atoms with Crippen molar-refractivity contribution in [1.29, 1.82) is 0 Å². The Morgan fingerprint density at radius 3 is 2.44 bits per heavy atom. The zero-order valence-electron chi connectivity index (χ0n) is 16.1. The van der Waals surface area contributed by atoms with Crippen molar-refractivity contribution in [3.63, 3.8) is 0 Å². The number of carbonyl (C=O) groups excluding carboxylic acids is 2. The molecule has 1 aromatic carbocycles. The molecule has 0 bridgehead atoms. The third-order valence-corrected chi connectivity index (χ3v) is 5.69. The zero-order valence-corrected chi connectivity index (χ0v) is 16.1. The fourth-order valence-electron chi connectivity index (χ4n) is 4.33. The molecule has 1 aliphatic heterocycles. The molecule has 0 unspecified atom stereocenters. The molecule has 2 N–H and O–H groups in total. The van der Waals surface area contributed by atoms with Crippen molar-refractivity contribution in [1.82, 2.24) is 10.2 Å². The monoisotopic (exact) mass is 376 g/mol. The lowest BCUT2D eigenvalue weighted by molar-refractivity contribution is -0.129. The highest BCUT2D eigenvalue weighted by Crippen LogP contribution is 2.37. The number of aliphatic hydroxyl groups excluding tert-OH is 1. The lowest BCUT2D eigenvalue weighted by atomic mass is 9.77. The van der Waals surface area contributed by atoms with E-state index >= 15 is 0 Å². The molecule has 0 radical (unpaired) electrons. The van der Waals surface area contributed by atoms with Gasteiger partial charge in [-0.25, -0.2) is 0 Å². The Kier molecular flexibility index (Phi) is 5.89. The van der Waals surface area contributed by atoms with Gasteiger partial charge in [0.15, 0.2) is 11.5 Å². The van der Waals surface area contributed by atoms with Gasteiger partial charge >= 0.3 is 0 Å². The molecule has 1 saturated heterocycles. The molecule has 0 spiro atoms. The maximum Gasteiger partial charge on any atom is 0.227 e. The molecule has 2 amide bonds. The Bertz CT molecular complexity index is 708. The van der Waals surface area contributed by atoms with Crippen LogP contribution >= 0.6 is 0 Å². The lowest BCUT2D eigenvalue weighted by Crippen LogP contribution is -2.48. The number of hydrogen-bond acceptors (Lipinski definition) is 5. The van der Waals surface area contributed by atoms with Crippen LogP contribution in [0.25, 0.3) is 0 Å². The molecular weight excluding hydrogens is 348 g/mol. The third-order valence-electron chi connectivity index (χ3n) is 5.69. The van der Waals surface area contributed by atoms with Crippen LogP contribution in [0.3, 0.4) is 0 Å². The molecule has 2 aliphatic rings. The van der Waals surface area contributed by atoms with Gasteiger partial charge in [-0.1, -0.05) is 6.07 Å². The van der Waals surface area contributed by atoms with Crippen molar-refractivity contribution in [3.05, 3.63) is 23.8 Å². The molecule has 1 saturated carbocycles. The van der Waals surface area contributed by atoms with Crippen LogP contribution in [-0.4, -0.2) is 61.3 Å². The van der Waals surface area contributed by atoms with Crippen LogP contribution < -0.4 is 14.8 Å². The number of likely N-dealkylation sites (tertiary alicyclic amines) is 1. The second-order valence-corrected chi connectivity index (χ2v) is 7.53. The summed E-state index contributed by atoms with van der Waals surface area (Å²) in [6.45, 7) is 2.81. The number of nitrogens with one attached hydrogen (secondary N) is 1. The van der Waals surface area contributed by atoms with Gasteiger partial charge in [-0.05, 0) is 42.4 Å². The molecule has 1 heterocycles. The first-order chi connectivity index (χ1) is 12.9. The van der Waals surface area contributed by atoms with E-state index in [1.54, 1.807) is 20.3 Å². The molecule has 2 fully saturated rings. The smallest absolute Gasteiger partial charge is 0.227 e. The van der Waals surface area contributed by atoms with E-state index in [-0.39, 0.29) is 17.9 Å². The molecular formula is C20H28N2O5. The van der Waals surface area contributed by atoms with E-state index in [0.717, 1.165) is 5.56 Å². The summed E-state index contributed by atoms with van der Waals surface area (Å²) in [5.41, 5.74) is 0.878. The third kappa shape index (κ3) is 4.35. The standard InChI is InChI=1S/C20H28N2O5/c1-12(23)21-16-8-14-10-22(11-15(14)9-17(16)24)20(25)7-13-4-5-18(26-2)19(6-13)27-3/h4-6,14-17,24H,7-11H2,1-3H3,(H,21,23)/t14-,15+,16-,17-/m1/s1. The summed E-state index contributed by atoms with van der Waals surface area (Å²) in [4.78, 5) is 26.0. The molecule has 7 heteroatoms. The second kappa shape index (κ2) is 8.17. The largest absolute Gasteiger partial charge is 0.493 e. The first-order valence-corrected chi connectivity index (χ1v) is 9.35. The molecule has 4 atom stereocenters. The SMILES string of the molecule is COc1ccc(CC(=O)N2C[C@H]3C[C@@H](NC(C)=O)[C@H](O)C[C@H]3C2)cc1OC. The van der Waals surface area contributed by atoms with Crippen LogP contribution in [-0.2, 0) is 16.0 Å². The number of benzene rings is 1. The van der Waals surface area contributed by atoms with E-state index in [2.05, 4.69) is 5.32 Å². The normalized spacial score (nSPS) is 27.0. The average Bonchev–Trinajstić information content (AvgIpc) is 3.04. The number of aliphatic hydroxyl groups is 1. The number of rotatable bonds is 5. The van der Waals surface area contributed by atoms with E-state index in [1.165, 1.54) is 6.92 Å². The number of ether oxygens (including phenoxy) is 2. The minimum atomic E-state index is -0.545. The zero-order chi connectivity index (χ0) is 19.6. The molecule has 27 heavy (non-hydrogen) atoms. The molecule has 7 nitrogen and oxygen atoms in total. The van der Waals surface area contributed by atoms with E-state index in [4.69, 9.17) is 9.47 Å². The van der Waals surface area contributed by atoms with E-state index in [0.29, 0.717) is 55.7 Å². The first-order valence-electron chi connectivity index (χ1n) is 9.35. The Balaban J connectivity index is 1.62. The quantitative estimate of drug-likeness (QED) is 0.800. The summed E-state index contributed by atoms with van der Waals surface area (Å²) >= 11 is 0. The highest BCUT2D eigenvalue weighted by molar-refractivity contribution is 5.79. The maximum absolute atomic E-state index is 12.8. The van der Waals surface area contributed by atoms with Crippen molar-refractivity contribution in [2.45, 2.75) is 38.3 Å². The van der Waals surface area contributed by atoms with Crippen LogP contribution in [0.1, 0.15) is 25.3 Å². The summed E-state index contributed by atoms with van der Waals surface area (Å²) in [7, 11) is 3.16. The topological polar surface area (TPSA) is 88.1 Å². The molecule has 148 valence electrons. The highest BCUT2D eigenvalue weighted by Gasteiger charge is 2.43. The van der Waals surface area contributed by atoms with Crippen molar-refractivity contribution in [3.8, 4) is 11.5 Å². The summed E-state index contributed by atoms with van der Waals surface area (Å²) in [6, 6.07) is 5.29. The molecule has 1 aromatic rings. The fraction of sp³-hybridized carbons (Fsp3) is 0.600. The number of carbonyl (C=O) groups is 2. The lowest BCUT2D eigenvalue weighted by Gasteiger charge is -2.35. The maximum atomic E-state index is 12.8. The second-order valence-electron chi connectivity index (χ2n) is 7.53. The van der Waals surface area contributed by atoms with Crippen LogP contribution in [0.4, 0.5) is 0 Å². The van der Waals surface area contributed by atoms with Gasteiger partial charge in [0.05, 0.1) is 32.8 Å². The van der Waals surface area contributed by atoms with E-state index < -0.39 is 6.10 Å². The minimum Gasteiger partial charge on any atom is -0.493 e. The van der Waals surface area contributed by atoms with Gasteiger partial charge < -0.3 is 24.8 Å². The van der Waals surface area contributed by atoms with Crippen LogP contribution in [0, 0.1) is 11.8 Å². The summed E-state index contributed by atoms with van der Waals surface area (Å²) in [6.07, 6.45) is 1.09. The van der Waals surface area contributed by atoms with E-state index in [9.17, 15) is 14.7 Å². The van der Waals surface area contributed by atoms with Gasteiger partial charge in [0.1, 0.15) is 0 Å². The van der Waals surface area contributed by atoms with Gasteiger partial charge in [-0.2, -0.15) is 0 Å². The number of amides is 2. The Morgan fingerprint density at radius 1 is 1.15 bits per heavy atom. The van der Waals surface area contributed by atoms with Gasteiger partial charge in [-0.15, -0.1) is 0 Å². The van der Waals surface area contributed by atoms with Crippen LogP contribution in [0.5, 0.6) is 11.5 Å². The number of hydrogen-bond donors (Lipinski definition) is 2. The van der Waals surface area contributed by atoms with Crippen molar-refractivity contribution in [2.75, 3.05) is 27.3 Å². The number of nitrogens with zero attached hydrogens (tertiary/aromatic N) is 1. The Labute approximate surface area is 159 Å². The van der Waals surface area contributed by atoms with Gasteiger partial charge in [-0.3, -0.25) is 9.59 Å². The van der Waals surface area contributed by atoms with Gasteiger partial charge in [0.25, 0.3) is 0 Å². The Morgan fingerprint density at radius 2 is 1.81 bits per heavy atom. The summed E-state index contributed by atoms with van der Waals surface area (Å²) < 4.78 is 10.5. The average molecular weight is 376 g/mol. The highest BCUT2D eigenvalue weighted by atomic mass is 16.5. The molecule has 1 aliphatic carbocycles. The minimum absolute atomic E-state index is 0.0715. The first kappa shape index (κ1) is 19.5. The van der Waals surface area contributed by atoms with Gasteiger partial charge in [0, 0.05) is 20.0 Å². The summed E-state index contributed by atoms with van der Waals surface area (Å²) in [5.74, 6) is 1.80. The predicted octanol–water partition coefficient (Wildman–Crippen LogP) is 0.980. The summed E-state index contributed by atoms with van der Waals surface area (Å²) in [5, 5.41) is 13.1. The number of fused-ring (bicyclic) bond motifs is 1. The Hall–Kier alpha value is -2.28. The van der Waals surface area contributed by atoms with Gasteiger partial charge in [0.2, 0.25) is 11.8 Å². The molecule has 3 rings (SSSR count). The van der Waals surface area contributed by atoms with Crippen LogP contribution in [0.2, 0.25) is 0 Å². The molecule has 0 aromatic heterocycles. The van der Waals surface area contributed by atoms with Crippen molar-refractivity contribution < 1.29 is 24.2 Å². The number of methoxy groups -OCH3 is 2.